The molecule has 0 aliphatic carbocycles. The van der Waals surface area contributed by atoms with E-state index in [-0.39, 0.29) is 11.8 Å². The van der Waals surface area contributed by atoms with Gasteiger partial charge in [-0.3, -0.25) is 9.59 Å². The van der Waals surface area contributed by atoms with E-state index in [1.54, 1.807) is 18.9 Å². The second-order valence-corrected chi connectivity index (χ2v) is 9.04. The topological polar surface area (TPSA) is 61.9 Å². The van der Waals surface area contributed by atoms with Crippen LogP contribution in [0.25, 0.3) is 0 Å². The molecule has 1 saturated heterocycles. The Bertz CT molecular complexity index is 1100. The second-order valence-electron chi connectivity index (χ2n) is 8.06. The van der Waals surface area contributed by atoms with Gasteiger partial charge in [0.15, 0.2) is 0 Å². The van der Waals surface area contributed by atoms with E-state index in [1.807, 2.05) is 77.7 Å². The largest absolute Gasteiger partial charge is 0.495 e. The third-order valence-electron chi connectivity index (χ3n) is 5.75. The van der Waals surface area contributed by atoms with Crippen molar-refractivity contribution in [3.8, 4) is 5.75 Å². The number of thioether (sulfide) groups is 1. The summed E-state index contributed by atoms with van der Waals surface area (Å²) in [6, 6.07) is 25.1. The van der Waals surface area contributed by atoms with Crippen molar-refractivity contribution < 1.29 is 14.3 Å². The lowest BCUT2D eigenvalue weighted by Gasteiger charge is -2.36. The maximum Gasteiger partial charge on any atom is 0.253 e. The van der Waals surface area contributed by atoms with Crippen molar-refractivity contribution >= 4 is 35.0 Å². The van der Waals surface area contributed by atoms with Crippen molar-refractivity contribution in [2.45, 2.75) is 5.75 Å². The molecule has 0 radical (unpaired) electrons. The van der Waals surface area contributed by atoms with Crippen molar-refractivity contribution in [1.29, 1.82) is 0 Å². The minimum atomic E-state index is -0.0183. The van der Waals surface area contributed by atoms with E-state index in [0.29, 0.717) is 30.2 Å². The number of carbonyl (C=O) groups excluding carboxylic acids is 2. The number of piperazine rings is 1. The van der Waals surface area contributed by atoms with Crippen LogP contribution in [0.1, 0.15) is 15.9 Å². The van der Waals surface area contributed by atoms with Gasteiger partial charge in [0, 0.05) is 43.2 Å². The molecule has 4 rings (SSSR count). The summed E-state index contributed by atoms with van der Waals surface area (Å²) in [6.45, 7) is 2.88. The van der Waals surface area contributed by atoms with Crippen LogP contribution in [0.3, 0.4) is 0 Å². The van der Waals surface area contributed by atoms with Gasteiger partial charge in [-0.1, -0.05) is 42.5 Å². The van der Waals surface area contributed by atoms with Crippen LogP contribution in [0.4, 0.5) is 11.4 Å². The Balaban J connectivity index is 1.23. The zero-order valence-electron chi connectivity index (χ0n) is 19.3. The summed E-state index contributed by atoms with van der Waals surface area (Å²) in [4.78, 5) is 29.2. The number of carbonyl (C=O) groups is 2. The average Bonchev–Trinajstić information content (AvgIpc) is 2.89. The van der Waals surface area contributed by atoms with E-state index >= 15 is 0 Å². The molecule has 3 aromatic rings. The van der Waals surface area contributed by atoms with E-state index in [1.165, 1.54) is 0 Å². The Hall–Kier alpha value is -3.45. The maximum absolute atomic E-state index is 13.0. The van der Waals surface area contributed by atoms with Crippen molar-refractivity contribution in [3.05, 3.63) is 90.0 Å². The molecule has 1 aliphatic rings. The van der Waals surface area contributed by atoms with Crippen LogP contribution in [-0.4, -0.2) is 55.8 Å². The van der Waals surface area contributed by atoms with Crippen LogP contribution in [0.2, 0.25) is 0 Å². The molecule has 0 atom stereocenters. The fourth-order valence-electron chi connectivity index (χ4n) is 3.95. The van der Waals surface area contributed by atoms with Gasteiger partial charge in [0.05, 0.1) is 18.6 Å². The number of hydrogen-bond donors (Lipinski definition) is 1. The molecule has 34 heavy (non-hydrogen) atoms. The highest BCUT2D eigenvalue weighted by molar-refractivity contribution is 7.99. The van der Waals surface area contributed by atoms with Crippen LogP contribution in [0.15, 0.2) is 78.9 Å². The van der Waals surface area contributed by atoms with E-state index < -0.39 is 0 Å². The summed E-state index contributed by atoms with van der Waals surface area (Å²) in [7, 11) is 1.68. The fraction of sp³-hybridized carbons (Fsp3) is 0.259. The highest BCUT2D eigenvalue weighted by Gasteiger charge is 2.23. The maximum atomic E-state index is 13.0. The van der Waals surface area contributed by atoms with Gasteiger partial charge < -0.3 is 19.9 Å². The number of nitrogens with one attached hydrogen (secondary N) is 1. The molecule has 1 heterocycles. The molecule has 1 aliphatic heterocycles. The molecule has 0 unspecified atom stereocenters. The number of nitrogens with zero attached hydrogens (tertiary/aromatic N) is 2. The van der Waals surface area contributed by atoms with E-state index in [4.69, 9.17) is 4.74 Å². The number of amides is 2. The normalized spacial score (nSPS) is 13.4. The quantitative estimate of drug-likeness (QED) is 0.519. The van der Waals surface area contributed by atoms with Gasteiger partial charge in [-0.15, -0.1) is 11.8 Å². The third kappa shape index (κ3) is 6.11. The van der Waals surface area contributed by atoms with Crippen molar-refractivity contribution in [1.82, 2.24) is 4.90 Å². The first-order valence-corrected chi connectivity index (χ1v) is 12.5. The van der Waals surface area contributed by atoms with Gasteiger partial charge in [-0.2, -0.15) is 0 Å². The third-order valence-corrected chi connectivity index (χ3v) is 6.76. The Morgan fingerprint density at radius 2 is 1.56 bits per heavy atom. The number of para-hydroxylation sites is 3. The standard InChI is InChI=1S/C27H29N3O3S/c1-33-25-10-6-5-9-24(25)29-15-17-30(18-16-29)27(32)22-13-11-21(12-14-22)19-34-20-26(31)28-23-7-3-2-4-8-23/h2-14H,15-20H2,1H3,(H,28,31). The van der Waals surface area contributed by atoms with Crippen LogP contribution in [0, 0.1) is 0 Å². The first-order valence-electron chi connectivity index (χ1n) is 11.3. The summed E-state index contributed by atoms with van der Waals surface area (Å²) in [5, 5.41) is 2.89. The molecular formula is C27H29N3O3S. The second kappa shape index (κ2) is 11.6. The number of hydrogen-bond acceptors (Lipinski definition) is 5. The summed E-state index contributed by atoms with van der Waals surface area (Å²) < 4.78 is 5.47. The highest BCUT2D eigenvalue weighted by Crippen LogP contribution is 2.28. The molecule has 7 heteroatoms. The molecule has 1 fully saturated rings. The molecule has 2 amide bonds. The molecular weight excluding hydrogens is 446 g/mol. The predicted octanol–water partition coefficient (Wildman–Crippen LogP) is 4.53. The van der Waals surface area contributed by atoms with Crippen LogP contribution in [0.5, 0.6) is 5.75 Å². The Labute approximate surface area is 204 Å². The smallest absolute Gasteiger partial charge is 0.253 e. The molecule has 176 valence electrons. The first-order chi connectivity index (χ1) is 16.6. The van der Waals surface area contributed by atoms with Crippen LogP contribution in [-0.2, 0) is 10.5 Å². The predicted molar refractivity (Wildman–Crippen MR) is 139 cm³/mol. The van der Waals surface area contributed by atoms with Gasteiger partial charge in [0.25, 0.3) is 5.91 Å². The Morgan fingerprint density at radius 3 is 2.26 bits per heavy atom. The molecule has 3 aromatic carbocycles. The van der Waals surface area contributed by atoms with Crippen LogP contribution < -0.4 is 15.0 Å². The molecule has 0 saturated carbocycles. The van der Waals surface area contributed by atoms with Crippen molar-refractivity contribution in [3.63, 3.8) is 0 Å². The summed E-state index contributed by atoms with van der Waals surface area (Å²) in [6.07, 6.45) is 0. The molecule has 0 aromatic heterocycles. The summed E-state index contributed by atoms with van der Waals surface area (Å²) in [5.41, 5.74) is 3.66. The monoisotopic (exact) mass is 475 g/mol. The molecule has 1 N–H and O–H groups in total. The Kier molecular flexibility index (Phi) is 8.09. The van der Waals surface area contributed by atoms with Gasteiger partial charge >= 0.3 is 0 Å². The fourth-order valence-corrected chi connectivity index (χ4v) is 4.74. The van der Waals surface area contributed by atoms with E-state index in [2.05, 4.69) is 16.3 Å². The number of methoxy groups -OCH3 is 1. The number of rotatable bonds is 8. The zero-order chi connectivity index (χ0) is 23.8. The van der Waals surface area contributed by atoms with E-state index in [9.17, 15) is 9.59 Å². The average molecular weight is 476 g/mol. The van der Waals surface area contributed by atoms with Crippen molar-refractivity contribution in [2.24, 2.45) is 0 Å². The van der Waals surface area contributed by atoms with Gasteiger partial charge in [-0.05, 0) is 42.0 Å². The highest BCUT2D eigenvalue weighted by atomic mass is 32.2. The SMILES string of the molecule is COc1ccccc1N1CCN(C(=O)c2ccc(CSCC(=O)Nc3ccccc3)cc2)CC1. The number of ether oxygens (including phenoxy) is 1. The van der Waals surface area contributed by atoms with Gasteiger partial charge in [0.2, 0.25) is 5.91 Å². The lowest BCUT2D eigenvalue weighted by molar-refractivity contribution is -0.113. The summed E-state index contributed by atoms with van der Waals surface area (Å²) >= 11 is 1.55. The summed E-state index contributed by atoms with van der Waals surface area (Å²) in [5.74, 6) is 1.99. The first kappa shape index (κ1) is 23.7. The molecule has 6 nitrogen and oxygen atoms in total. The minimum absolute atomic E-state index is 0.0183. The Morgan fingerprint density at radius 1 is 0.882 bits per heavy atom. The van der Waals surface area contributed by atoms with Crippen LogP contribution >= 0.6 is 11.8 Å². The number of benzene rings is 3. The van der Waals surface area contributed by atoms with Gasteiger partial charge in [-0.25, -0.2) is 0 Å². The molecule has 0 spiro atoms. The molecule has 0 bridgehead atoms. The van der Waals surface area contributed by atoms with Crippen molar-refractivity contribution in [2.75, 3.05) is 49.3 Å². The lowest BCUT2D eigenvalue weighted by Crippen LogP contribution is -2.48. The lowest BCUT2D eigenvalue weighted by atomic mass is 10.1. The zero-order valence-corrected chi connectivity index (χ0v) is 20.1. The number of anilines is 2. The minimum Gasteiger partial charge on any atom is -0.495 e. The van der Waals surface area contributed by atoms with Gasteiger partial charge in [0.1, 0.15) is 5.75 Å². The van der Waals surface area contributed by atoms with E-state index in [0.717, 1.165) is 35.8 Å².